The van der Waals surface area contributed by atoms with Crippen molar-refractivity contribution in [1.82, 2.24) is 15.1 Å². The number of likely N-dealkylation sites (tertiary alicyclic amines) is 1. The molecule has 1 aliphatic heterocycles. The molecule has 0 amide bonds. The Morgan fingerprint density at radius 3 is 2.29 bits per heavy atom. The van der Waals surface area contributed by atoms with Crippen LogP contribution in [0.25, 0.3) is 0 Å². The second-order valence-corrected chi connectivity index (χ2v) is 8.02. The Morgan fingerprint density at radius 2 is 1.71 bits per heavy atom. The van der Waals surface area contributed by atoms with E-state index in [2.05, 4.69) is 41.1 Å². The van der Waals surface area contributed by atoms with Crippen molar-refractivity contribution in [1.29, 1.82) is 0 Å². The van der Waals surface area contributed by atoms with E-state index in [1.165, 1.54) is 58.0 Å². The molecule has 0 spiro atoms. The fourth-order valence-corrected chi connectivity index (χ4v) is 4.11. The SMILES string of the molecule is CN=C(NCCC1CCN(C)CC1)N(C)CC1CCC(C)CC1.I. The molecule has 1 saturated carbocycles. The predicted molar refractivity (Wildman–Crippen MR) is 115 cm³/mol. The summed E-state index contributed by atoms with van der Waals surface area (Å²) in [5, 5.41) is 3.59. The van der Waals surface area contributed by atoms with Gasteiger partial charge < -0.3 is 15.1 Å². The fraction of sp³-hybridized carbons (Fsp3) is 0.947. The zero-order chi connectivity index (χ0) is 16.7. The molecule has 0 aromatic rings. The van der Waals surface area contributed by atoms with Crippen molar-refractivity contribution in [2.45, 2.75) is 51.9 Å². The van der Waals surface area contributed by atoms with E-state index < -0.39 is 0 Å². The topological polar surface area (TPSA) is 30.9 Å². The van der Waals surface area contributed by atoms with Crippen molar-refractivity contribution in [2.24, 2.45) is 22.7 Å². The van der Waals surface area contributed by atoms with Gasteiger partial charge in [-0.3, -0.25) is 4.99 Å². The Morgan fingerprint density at radius 1 is 1.08 bits per heavy atom. The van der Waals surface area contributed by atoms with Gasteiger partial charge in [0.05, 0.1) is 0 Å². The monoisotopic (exact) mass is 450 g/mol. The quantitative estimate of drug-likeness (QED) is 0.394. The summed E-state index contributed by atoms with van der Waals surface area (Å²) in [7, 11) is 6.34. The molecule has 24 heavy (non-hydrogen) atoms. The van der Waals surface area contributed by atoms with Crippen LogP contribution in [0.1, 0.15) is 51.9 Å². The number of nitrogens with one attached hydrogen (secondary N) is 1. The van der Waals surface area contributed by atoms with Gasteiger partial charge >= 0.3 is 0 Å². The van der Waals surface area contributed by atoms with Crippen molar-refractivity contribution in [3.63, 3.8) is 0 Å². The minimum absolute atomic E-state index is 0. The van der Waals surface area contributed by atoms with Crippen LogP contribution in [0.5, 0.6) is 0 Å². The Kier molecular flexibility index (Phi) is 10.6. The van der Waals surface area contributed by atoms with Gasteiger partial charge in [0.25, 0.3) is 0 Å². The first-order chi connectivity index (χ1) is 11.1. The van der Waals surface area contributed by atoms with Crippen molar-refractivity contribution >= 4 is 29.9 Å². The Balaban J connectivity index is 0.00000288. The number of rotatable bonds is 5. The Bertz CT molecular complexity index is 358. The third-order valence-electron chi connectivity index (χ3n) is 5.91. The van der Waals surface area contributed by atoms with E-state index in [1.807, 2.05) is 7.05 Å². The molecule has 2 aliphatic rings. The zero-order valence-corrected chi connectivity index (χ0v) is 18.6. The number of piperidine rings is 1. The maximum atomic E-state index is 4.49. The molecule has 1 aliphatic carbocycles. The van der Waals surface area contributed by atoms with Crippen LogP contribution in [0.4, 0.5) is 0 Å². The lowest BCUT2D eigenvalue weighted by Crippen LogP contribution is -2.42. The molecule has 0 aromatic heterocycles. The highest BCUT2D eigenvalue weighted by Gasteiger charge is 2.21. The van der Waals surface area contributed by atoms with Crippen LogP contribution in [0.3, 0.4) is 0 Å². The van der Waals surface area contributed by atoms with Crippen LogP contribution in [-0.4, -0.2) is 63.1 Å². The molecule has 1 saturated heterocycles. The molecule has 0 aromatic carbocycles. The first-order valence-corrected chi connectivity index (χ1v) is 9.68. The number of hydrogen-bond donors (Lipinski definition) is 1. The summed E-state index contributed by atoms with van der Waals surface area (Å²) >= 11 is 0. The highest BCUT2D eigenvalue weighted by atomic mass is 127. The molecule has 2 rings (SSSR count). The second kappa shape index (κ2) is 11.6. The lowest BCUT2D eigenvalue weighted by molar-refractivity contribution is 0.212. The van der Waals surface area contributed by atoms with Crippen LogP contribution in [0.15, 0.2) is 4.99 Å². The first-order valence-electron chi connectivity index (χ1n) is 9.68. The highest BCUT2D eigenvalue weighted by Crippen LogP contribution is 2.28. The number of halogens is 1. The molecule has 4 nitrogen and oxygen atoms in total. The molecule has 0 atom stereocenters. The van der Waals surface area contributed by atoms with Crippen molar-refractivity contribution in [3.8, 4) is 0 Å². The first kappa shape index (κ1) is 22.0. The van der Waals surface area contributed by atoms with Gasteiger partial charge in [-0.05, 0) is 70.0 Å². The normalized spacial score (nSPS) is 26.8. The van der Waals surface area contributed by atoms with Crippen LogP contribution >= 0.6 is 24.0 Å². The molecule has 5 heteroatoms. The summed E-state index contributed by atoms with van der Waals surface area (Å²) < 4.78 is 0. The van der Waals surface area contributed by atoms with Crippen molar-refractivity contribution in [3.05, 3.63) is 0 Å². The average molecular weight is 450 g/mol. The molecule has 2 fully saturated rings. The minimum atomic E-state index is 0. The summed E-state index contributed by atoms with van der Waals surface area (Å²) in [6.45, 7) is 7.13. The molecule has 1 N–H and O–H groups in total. The van der Waals surface area contributed by atoms with Crippen LogP contribution < -0.4 is 5.32 Å². The van der Waals surface area contributed by atoms with E-state index in [0.29, 0.717) is 0 Å². The van der Waals surface area contributed by atoms with E-state index >= 15 is 0 Å². The Labute approximate surface area is 166 Å². The second-order valence-electron chi connectivity index (χ2n) is 8.02. The number of hydrogen-bond acceptors (Lipinski definition) is 2. The van der Waals surface area contributed by atoms with E-state index in [9.17, 15) is 0 Å². The van der Waals surface area contributed by atoms with Gasteiger partial charge in [-0.25, -0.2) is 0 Å². The van der Waals surface area contributed by atoms with E-state index in [0.717, 1.165) is 36.8 Å². The third-order valence-corrected chi connectivity index (χ3v) is 5.91. The number of aliphatic imine (C=N–C) groups is 1. The molecular weight excluding hydrogens is 411 g/mol. The highest BCUT2D eigenvalue weighted by molar-refractivity contribution is 14.0. The molecule has 142 valence electrons. The number of nitrogens with zero attached hydrogens (tertiary/aromatic N) is 3. The van der Waals surface area contributed by atoms with Crippen LogP contribution in [0, 0.1) is 17.8 Å². The molecule has 0 bridgehead atoms. The van der Waals surface area contributed by atoms with Gasteiger partial charge in [-0.15, -0.1) is 24.0 Å². The van der Waals surface area contributed by atoms with Crippen molar-refractivity contribution < 1.29 is 0 Å². The fourth-order valence-electron chi connectivity index (χ4n) is 4.11. The summed E-state index contributed by atoms with van der Waals surface area (Å²) in [5.41, 5.74) is 0. The van der Waals surface area contributed by atoms with Gasteiger partial charge in [-0.1, -0.05) is 19.8 Å². The predicted octanol–water partition coefficient (Wildman–Crippen LogP) is 3.67. The minimum Gasteiger partial charge on any atom is -0.356 e. The lowest BCUT2D eigenvalue weighted by atomic mass is 9.83. The van der Waals surface area contributed by atoms with E-state index in [1.54, 1.807) is 0 Å². The van der Waals surface area contributed by atoms with Gasteiger partial charge in [-0.2, -0.15) is 0 Å². The van der Waals surface area contributed by atoms with E-state index in [4.69, 9.17) is 0 Å². The molecule has 1 heterocycles. The van der Waals surface area contributed by atoms with E-state index in [-0.39, 0.29) is 24.0 Å². The summed E-state index contributed by atoms with van der Waals surface area (Å²) in [5.74, 6) is 3.76. The standard InChI is InChI=1S/C19H38N4.HI/c1-16-5-7-18(8-6-16)15-23(4)19(20-2)21-12-9-17-10-13-22(3)14-11-17;/h16-18H,5-15H2,1-4H3,(H,20,21);1H. The van der Waals surface area contributed by atoms with Crippen molar-refractivity contribution in [2.75, 3.05) is 47.3 Å². The van der Waals surface area contributed by atoms with Crippen LogP contribution in [0.2, 0.25) is 0 Å². The summed E-state index contributed by atoms with van der Waals surface area (Å²) in [4.78, 5) is 9.28. The van der Waals surface area contributed by atoms with Gasteiger partial charge in [0.1, 0.15) is 0 Å². The maximum Gasteiger partial charge on any atom is 0.193 e. The van der Waals surface area contributed by atoms with Crippen LogP contribution in [-0.2, 0) is 0 Å². The van der Waals surface area contributed by atoms with Gasteiger partial charge in [0.15, 0.2) is 5.96 Å². The average Bonchev–Trinajstić information content (AvgIpc) is 2.55. The molecular formula is C19H39IN4. The van der Waals surface area contributed by atoms with Gasteiger partial charge in [0, 0.05) is 27.2 Å². The smallest absolute Gasteiger partial charge is 0.193 e. The molecule has 0 unspecified atom stereocenters. The zero-order valence-electron chi connectivity index (χ0n) is 16.3. The summed E-state index contributed by atoms with van der Waals surface area (Å²) in [6.07, 6.45) is 9.57. The Hall–Kier alpha value is -0.0400. The van der Waals surface area contributed by atoms with Gasteiger partial charge in [0.2, 0.25) is 0 Å². The number of guanidine groups is 1. The maximum absolute atomic E-state index is 4.49. The lowest BCUT2D eigenvalue weighted by Gasteiger charge is -2.32. The molecule has 0 radical (unpaired) electrons. The third kappa shape index (κ3) is 7.46. The summed E-state index contributed by atoms with van der Waals surface area (Å²) in [6, 6.07) is 0. The largest absolute Gasteiger partial charge is 0.356 e.